The maximum Gasteiger partial charge on any atom is 0.336 e. The van der Waals surface area contributed by atoms with Gasteiger partial charge in [0.1, 0.15) is 5.82 Å². The van der Waals surface area contributed by atoms with Gasteiger partial charge >= 0.3 is 5.97 Å². The van der Waals surface area contributed by atoms with Crippen LogP contribution in [0.4, 0.5) is 5.82 Å². The first-order valence-corrected chi connectivity index (χ1v) is 7.80. The van der Waals surface area contributed by atoms with Crippen LogP contribution >= 0.6 is 11.8 Å². The molecule has 1 aromatic carbocycles. The summed E-state index contributed by atoms with van der Waals surface area (Å²) in [5, 5.41) is 13.7. The minimum Gasteiger partial charge on any atom is -0.478 e. The van der Waals surface area contributed by atoms with Crippen molar-refractivity contribution < 1.29 is 9.90 Å². The Morgan fingerprint density at radius 2 is 2.20 bits per heavy atom. The second-order valence-electron chi connectivity index (χ2n) is 4.64. The number of carboxylic acids is 1. The van der Waals surface area contributed by atoms with E-state index < -0.39 is 5.97 Å². The van der Waals surface area contributed by atoms with Crippen molar-refractivity contribution in [3.8, 4) is 0 Å². The quantitative estimate of drug-likeness (QED) is 0.852. The molecule has 20 heavy (non-hydrogen) atoms. The summed E-state index contributed by atoms with van der Waals surface area (Å²) >= 11 is 1.84. The first kappa shape index (κ1) is 14.7. The number of rotatable bonds is 6. The topological polar surface area (TPSA) is 62.2 Å². The molecule has 2 aromatic rings. The summed E-state index contributed by atoms with van der Waals surface area (Å²) in [6.07, 6.45) is 3.17. The van der Waals surface area contributed by atoms with E-state index in [1.165, 1.54) is 0 Å². The van der Waals surface area contributed by atoms with E-state index in [-0.39, 0.29) is 5.56 Å². The maximum absolute atomic E-state index is 11.1. The van der Waals surface area contributed by atoms with Gasteiger partial charge in [0.25, 0.3) is 0 Å². The molecule has 1 aromatic heterocycles. The lowest BCUT2D eigenvalue weighted by Crippen LogP contribution is -2.08. The Balaban J connectivity index is 2.16. The van der Waals surface area contributed by atoms with Crippen molar-refractivity contribution in [2.45, 2.75) is 18.6 Å². The molecule has 0 saturated carbocycles. The van der Waals surface area contributed by atoms with Crippen LogP contribution in [-0.4, -0.2) is 34.1 Å². The number of fused-ring (bicyclic) bond motifs is 1. The number of aromatic carboxylic acids is 1. The standard InChI is InChI=1S/C15H18N2O2S/c1-10(20-2)8-9-16-14-7-6-11-12(15(18)19)4-3-5-13(11)17-14/h3-7,10H,8-9H2,1-2H3,(H,16,17)(H,18,19). The fourth-order valence-electron chi connectivity index (χ4n) is 1.96. The first-order valence-electron chi connectivity index (χ1n) is 6.51. The second kappa shape index (κ2) is 6.61. The van der Waals surface area contributed by atoms with E-state index in [0.717, 1.165) is 18.8 Å². The summed E-state index contributed by atoms with van der Waals surface area (Å²) < 4.78 is 0. The van der Waals surface area contributed by atoms with Gasteiger partial charge in [-0.25, -0.2) is 9.78 Å². The molecule has 1 heterocycles. The third-order valence-electron chi connectivity index (χ3n) is 3.22. The number of anilines is 1. The van der Waals surface area contributed by atoms with E-state index >= 15 is 0 Å². The summed E-state index contributed by atoms with van der Waals surface area (Å²) in [7, 11) is 0. The zero-order valence-corrected chi connectivity index (χ0v) is 12.4. The summed E-state index contributed by atoms with van der Waals surface area (Å²) in [4.78, 5) is 15.6. The Kier molecular flexibility index (Phi) is 4.84. The number of aromatic nitrogens is 1. The van der Waals surface area contributed by atoms with Gasteiger partial charge in [0.05, 0.1) is 11.1 Å². The molecule has 1 atom stereocenters. The Morgan fingerprint density at radius 1 is 1.40 bits per heavy atom. The number of carbonyl (C=O) groups is 1. The molecule has 0 radical (unpaired) electrons. The lowest BCUT2D eigenvalue weighted by molar-refractivity contribution is 0.0699. The van der Waals surface area contributed by atoms with Gasteiger partial charge in [-0.05, 0) is 36.9 Å². The Hall–Kier alpha value is -1.75. The number of benzene rings is 1. The van der Waals surface area contributed by atoms with Crippen molar-refractivity contribution in [2.24, 2.45) is 0 Å². The van der Waals surface area contributed by atoms with Crippen molar-refractivity contribution in [3.63, 3.8) is 0 Å². The van der Waals surface area contributed by atoms with Gasteiger partial charge < -0.3 is 10.4 Å². The number of pyridine rings is 1. The zero-order valence-electron chi connectivity index (χ0n) is 11.6. The van der Waals surface area contributed by atoms with Crippen LogP contribution in [0.5, 0.6) is 0 Å². The van der Waals surface area contributed by atoms with Crippen molar-refractivity contribution in [1.82, 2.24) is 4.98 Å². The highest BCUT2D eigenvalue weighted by molar-refractivity contribution is 7.99. The van der Waals surface area contributed by atoms with E-state index in [1.807, 2.05) is 30.0 Å². The smallest absolute Gasteiger partial charge is 0.336 e. The minimum atomic E-state index is -0.924. The third kappa shape index (κ3) is 3.42. The van der Waals surface area contributed by atoms with Gasteiger partial charge in [0.2, 0.25) is 0 Å². The van der Waals surface area contributed by atoms with Gasteiger partial charge in [-0.2, -0.15) is 11.8 Å². The molecule has 0 spiro atoms. The summed E-state index contributed by atoms with van der Waals surface area (Å²) in [5.41, 5.74) is 0.991. The van der Waals surface area contributed by atoms with E-state index in [2.05, 4.69) is 23.5 Å². The highest BCUT2D eigenvalue weighted by Crippen LogP contribution is 2.19. The lowest BCUT2D eigenvalue weighted by Gasteiger charge is -2.10. The highest BCUT2D eigenvalue weighted by Gasteiger charge is 2.09. The molecule has 0 aliphatic heterocycles. The van der Waals surface area contributed by atoms with Crippen LogP contribution in [-0.2, 0) is 0 Å². The SMILES string of the molecule is CSC(C)CCNc1ccc2c(C(=O)O)cccc2n1. The average molecular weight is 290 g/mol. The molecule has 0 fully saturated rings. The van der Waals surface area contributed by atoms with Crippen LogP contribution < -0.4 is 5.32 Å². The molecule has 1 unspecified atom stereocenters. The number of hydrogen-bond donors (Lipinski definition) is 2. The Bertz CT molecular complexity index is 616. The molecule has 106 valence electrons. The van der Waals surface area contributed by atoms with Crippen LogP contribution in [0.2, 0.25) is 0 Å². The lowest BCUT2D eigenvalue weighted by atomic mass is 10.1. The average Bonchev–Trinajstić information content (AvgIpc) is 2.46. The molecule has 0 aliphatic rings. The number of hydrogen-bond acceptors (Lipinski definition) is 4. The van der Waals surface area contributed by atoms with Gasteiger partial charge in [0.15, 0.2) is 0 Å². The zero-order chi connectivity index (χ0) is 14.5. The van der Waals surface area contributed by atoms with Crippen molar-refractivity contribution in [2.75, 3.05) is 18.1 Å². The molecule has 0 bridgehead atoms. The van der Waals surface area contributed by atoms with E-state index in [9.17, 15) is 4.79 Å². The van der Waals surface area contributed by atoms with Crippen LogP contribution in [0.3, 0.4) is 0 Å². The maximum atomic E-state index is 11.1. The molecule has 0 amide bonds. The van der Waals surface area contributed by atoms with Gasteiger partial charge in [0, 0.05) is 17.2 Å². The summed E-state index contributed by atoms with van der Waals surface area (Å²) in [6.45, 7) is 3.05. The van der Waals surface area contributed by atoms with E-state index in [0.29, 0.717) is 16.2 Å². The molecule has 0 aliphatic carbocycles. The van der Waals surface area contributed by atoms with Gasteiger partial charge in [-0.1, -0.05) is 13.0 Å². The molecule has 4 nitrogen and oxygen atoms in total. The van der Waals surface area contributed by atoms with E-state index in [4.69, 9.17) is 5.11 Å². The predicted octanol–water partition coefficient (Wildman–Crippen LogP) is 3.49. The van der Waals surface area contributed by atoms with Gasteiger partial charge in [-0.15, -0.1) is 0 Å². The summed E-state index contributed by atoms with van der Waals surface area (Å²) in [6, 6.07) is 8.79. The monoisotopic (exact) mass is 290 g/mol. The normalized spacial score (nSPS) is 12.3. The van der Waals surface area contributed by atoms with Crippen molar-refractivity contribution >= 4 is 34.5 Å². The van der Waals surface area contributed by atoms with E-state index in [1.54, 1.807) is 12.1 Å². The predicted molar refractivity (Wildman–Crippen MR) is 84.8 cm³/mol. The van der Waals surface area contributed by atoms with Crippen LogP contribution in [0.25, 0.3) is 10.9 Å². The van der Waals surface area contributed by atoms with Crippen molar-refractivity contribution in [1.29, 1.82) is 0 Å². The molecule has 2 N–H and O–H groups in total. The molecular weight excluding hydrogens is 272 g/mol. The van der Waals surface area contributed by atoms with Gasteiger partial charge in [-0.3, -0.25) is 0 Å². The minimum absolute atomic E-state index is 0.289. The molecule has 2 rings (SSSR count). The fourth-order valence-corrected chi connectivity index (χ4v) is 2.31. The Morgan fingerprint density at radius 3 is 2.90 bits per heavy atom. The van der Waals surface area contributed by atoms with Crippen LogP contribution in [0, 0.1) is 0 Å². The van der Waals surface area contributed by atoms with Crippen LogP contribution in [0.15, 0.2) is 30.3 Å². The highest BCUT2D eigenvalue weighted by atomic mass is 32.2. The number of nitrogens with zero attached hydrogens (tertiary/aromatic N) is 1. The van der Waals surface area contributed by atoms with Crippen molar-refractivity contribution in [3.05, 3.63) is 35.9 Å². The molecule has 0 saturated heterocycles. The fraction of sp³-hybridized carbons (Fsp3) is 0.333. The Labute approximate surface area is 122 Å². The molecular formula is C15H18N2O2S. The number of nitrogens with one attached hydrogen (secondary N) is 1. The third-order valence-corrected chi connectivity index (χ3v) is 4.26. The first-order chi connectivity index (χ1) is 9.61. The number of thioether (sulfide) groups is 1. The summed E-state index contributed by atoms with van der Waals surface area (Å²) in [5.74, 6) is -0.139. The second-order valence-corrected chi connectivity index (χ2v) is 5.91. The largest absolute Gasteiger partial charge is 0.478 e. The molecule has 5 heteroatoms. The van der Waals surface area contributed by atoms with Crippen LogP contribution in [0.1, 0.15) is 23.7 Å². The number of carboxylic acid groups (broad SMARTS) is 1.